The standard InChI is InChI=1S/C21H23N5O2/c1-3-25(4-2)21(28)23-13-8-15-14-6-5-7-17-20(14)16(18(11-27)24-17)9-19(15)26(10-13)12-22/h5-8,11,13,19,24H,3-4,9-10H2,1-2H3,(H,23,28)/t13-,19+/m0/s1. The van der Waals surface area contributed by atoms with E-state index in [1.54, 1.807) is 9.80 Å². The molecule has 0 bridgehead atoms. The molecule has 2 aliphatic rings. The van der Waals surface area contributed by atoms with Gasteiger partial charge in [0, 0.05) is 30.4 Å². The van der Waals surface area contributed by atoms with E-state index in [1.807, 2.05) is 32.0 Å². The van der Waals surface area contributed by atoms with Crippen molar-refractivity contribution in [2.24, 2.45) is 0 Å². The molecule has 2 heterocycles. The molecule has 1 aromatic heterocycles. The van der Waals surface area contributed by atoms with Gasteiger partial charge in [0.15, 0.2) is 12.5 Å². The van der Waals surface area contributed by atoms with Crippen LogP contribution in [0.15, 0.2) is 24.3 Å². The molecule has 28 heavy (non-hydrogen) atoms. The van der Waals surface area contributed by atoms with Crippen LogP contribution in [-0.2, 0) is 6.42 Å². The van der Waals surface area contributed by atoms with E-state index in [1.165, 1.54) is 0 Å². The zero-order valence-corrected chi connectivity index (χ0v) is 16.0. The molecule has 1 aromatic carbocycles. The summed E-state index contributed by atoms with van der Waals surface area (Å²) in [4.78, 5) is 30.6. The maximum atomic E-state index is 12.5. The molecule has 0 radical (unpaired) electrons. The molecule has 1 aliphatic heterocycles. The number of aldehydes is 1. The number of carbonyl (C=O) groups excluding carboxylic acids is 2. The Hall–Kier alpha value is -3.27. The van der Waals surface area contributed by atoms with Crippen molar-refractivity contribution in [1.29, 1.82) is 5.26 Å². The fourth-order valence-electron chi connectivity index (χ4n) is 4.42. The lowest BCUT2D eigenvalue weighted by atomic mass is 9.80. The average Bonchev–Trinajstić information content (AvgIpc) is 3.08. The van der Waals surface area contributed by atoms with Crippen molar-refractivity contribution in [1.82, 2.24) is 20.1 Å². The predicted octanol–water partition coefficient (Wildman–Crippen LogP) is 2.51. The first-order valence-electron chi connectivity index (χ1n) is 9.63. The number of fused-ring (bicyclic) bond motifs is 2. The summed E-state index contributed by atoms with van der Waals surface area (Å²) in [6.07, 6.45) is 5.81. The minimum atomic E-state index is -0.250. The van der Waals surface area contributed by atoms with Crippen LogP contribution in [0.5, 0.6) is 0 Å². The minimum Gasteiger partial charge on any atom is -0.352 e. The molecule has 7 heteroatoms. The molecule has 0 fully saturated rings. The predicted molar refractivity (Wildman–Crippen MR) is 107 cm³/mol. The third-order valence-corrected chi connectivity index (χ3v) is 5.78. The molecule has 144 valence electrons. The molecule has 0 saturated carbocycles. The monoisotopic (exact) mass is 377 g/mol. The van der Waals surface area contributed by atoms with Gasteiger partial charge in [-0.1, -0.05) is 18.2 Å². The van der Waals surface area contributed by atoms with E-state index in [0.717, 1.165) is 33.9 Å². The molecule has 1 aliphatic carbocycles. The van der Waals surface area contributed by atoms with Gasteiger partial charge in [-0.25, -0.2) is 4.79 Å². The number of rotatable bonds is 4. The van der Waals surface area contributed by atoms with Gasteiger partial charge in [0.2, 0.25) is 0 Å². The third-order valence-electron chi connectivity index (χ3n) is 5.78. The van der Waals surface area contributed by atoms with Gasteiger partial charge in [-0.05, 0) is 36.6 Å². The fourth-order valence-corrected chi connectivity index (χ4v) is 4.42. The van der Waals surface area contributed by atoms with E-state index in [2.05, 4.69) is 22.6 Å². The topological polar surface area (TPSA) is 92.2 Å². The SMILES string of the molecule is CCN(CC)C(=O)N[C@H]1C=C2c3cccc4[nH]c(C=O)c(c34)C[C@H]2N(C#N)C1. The van der Waals surface area contributed by atoms with Gasteiger partial charge in [0.05, 0.1) is 24.3 Å². The van der Waals surface area contributed by atoms with E-state index in [9.17, 15) is 14.9 Å². The molecular weight excluding hydrogens is 354 g/mol. The van der Waals surface area contributed by atoms with Crippen molar-refractivity contribution in [2.45, 2.75) is 32.4 Å². The van der Waals surface area contributed by atoms with Crippen LogP contribution in [0, 0.1) is 11.5 Å². The summed E-state index contributed by atoms with van der Waals surface area (Å²) in [5, 5.41) is 13.8. The number of nitriles is 1. The van der Waals surface area contributed by atoms with Crippen LogP contribution >= 0.6 is 0 Å². The van der Waals surface area contributed by atoms with Crippen molar-refractivity contribution in [3.8, 4) is 6.19 Å². The van der Waals surface area contributed by atoms with Crippen molar-refractivity contribution < 1.29 is 9.59 Å². The molecule has 2 atom stereocenters. The normalized spacial score (nSPS) is 20.2. The number of carbonyl (C=O) groups is 2. The van der Waals surface area contributed by atoms with Crippen LogP contribution in [0.3, 0.4) is 0 Å². The van der Waals surface area contributed by atoms with Gasteiger partial charge < -0.3 is 20.1 Å². The second-order valence-corrected chi connectivity index (χ2v) is 7.19. The number of H-pyrrole nitrogens is 1. The molecular formula is C21H23N5O2. The number of urea groups is 1. The lowest BCUT2D eigenvalue weighted by molar-refractivity contribution is 0.111. The minimum absolute atomic E-state index is 0.122. The lowest BCUT2D eigenvalue weighted by Crippen LogP contribution is -2.52. The highest BCUT2D eigenvalue weighted by atomic mass is 16.2. The van der Waals surface area contributed by atoms with Crippen molar-refractivity contribution in [3.63, 3.8) is 0 Å². The highest BCUT2D eigenvalue weighted by Crippen LogP contribution is 2.41. The van der Waals surface area contributed by atoms with Gasteiger partial charge in [0.1, 0.15) is 0 Å². The Morgan fingerprint density at radius 3 is 2.89 bits per heavy atom. The van der Waals surface area contributed by atoms with Crippen LogP contribution in [0.4, 0.5) is 4.79 Å². The second kappa shape index (κ2) is 7.04. The smallest absolute Gasteiger partial charge is 0.317 e. The number of aromatic amines is 1. The van der Waals surface area contributed by atoms with Crippen LogP contribution in [0.25, 0.3) is 16.5 Å². The van der Waals surface area contributed by atoms with Gasteiger partial charge in [-0.3, -0.25) is 4.79 Å². The zero-order valence-electron chi connectivity index (χ0n) is 16.0. The molecule has 0 saturated heterocycles. The van der Waals surface area contributed by atoms with E-state index in [4.69, 9.17) is 0 Å². The second-order valence-electron chi connectivity index (χ2n) is 7.19. The summed E-state index contributed by atoms with van der Waals surface area (Å²) >= 11 is 0. The quantitative estimate of drug-likeness (QED) is 0.632. The van der Waals surface area contributed by atoms with E-state index in [-0.39, 0.29) is 18.1 Å². The van der Waals surface area contributed by atoms with E-state index in [0.29, 0.717) is 31.7 Å². The maximum Gasteiger partial charge on any atom is 0.317 e. The average molecular weight is 377 g/mol. The van der Waals surface area contributed by atoms with E-state index >= 15 is 0 Å². The van der Waals surface area contributed by atoms with Crippen LogP contribution in [0.1, 0.15) is 35.5 Å². The summed E-state index contributed by atoms with van der Waals surface area (Å²) in [6.45, 7) is 5.58. The molecule has 4 rings (SSSR count). The highest BCUT2D eigenvalue weighted by Gasteiger charge is 2.36. The highest BCUT2D eigenvalue weighted by molar-refractivity contribution is 6.02. The Balaban J connectivity index is 1.77. The Morgan fingerprint density at radius 2 is 2.21 bits per heavy atom. The third kappa shape index (κ3) is 2.73. The van der Waals surface area contributed by atoms with Gasteiger partial charge in [-0.2, -0.15) is 5.26 Å². The molecule has 2 aromatic rings. The first-order valence-corrected chi connectivity index (χ1v) is 9.63. The van der Waals surface area contributed by atoms with Gasteiger partial charge >= 0.3 is 6.03 Å². The molecule has 0 spiro atoms. The Kier molecular flexibility index (Phi) is 4.55. The summed E-state index contributed by atoms with van der Waals surface area (Å²) in [6, 6.07) is 5.43. The summed E-state index contributed by atoms with van der Waals surface area (Å²) in [5.41, 5.74) is 4.53. The van der Waals surface area contributed by atoms with Crippen LogP contribution in [-0.4, -0.2) is 58.8 Å². The number of amides is 2. The Morgan fingerprint density at radius 1 is 1.43 bits per heavy atom. The Labute approximate surface area is 163 Å². The van der Waals surface area contributed by atoms with E-state index < -0.39 is 0 Å². The van der Waals surface area contributed by atoms with Crippen LogP contribution in [0.2, 0.25) is 0 Å². The number of benzene rings is 1. The number of hydrogen-bond donors (Lipinski definition) is 2. The zero-order chi connectivity index (χ0) is 19.8. The molecule has 2 N–H and O–H groups in total. The summed E-state index contributed by atoms with van der Waals surface area (Å²) in [7, 11) is 0. The molecule has 7 nitrogen and oxygen atoms in total. The van der Waals surface area contributed by atoms with Gasteiger partial charge in [0.25, 0.3) is 0 Å². The first kappa shape index (κ1) is 18.1. The summed E-state index contributed by atoms with van der Waals surface area (Å²) < 4.78 is 0. The van der Waals surface area contributed by atoms with Crippen LogP contribution < -0.4 is 5.32 Å². The number of nitrogens with one attached hydrogen (secondary N) is 2. The first-order chi connectivity index (χ1) is 13.6. The number of aromatic nitrogens is 1. The Bertz CT molecular complexity index is 1010. The fraction of sp³-hybridized carbons (Fsp3) is 0.381. The summed E-state index contributed by atoms with van der Waals surface area (Å²) in [5.74, 6) is 0. The lowest BCUT2D eigenvalue weighted by Gasteiger charge is -2.39. The number of nitrogens with zero attached hydrogens (tertiary/aromatic N) is 3. The number of hydrogen-bond acceptors (Lipinski definition) is 4. The van der Waals surface area contributed by atoms with Gasteiger partial charge in [-0.15, -0.1) is 0 Å². The molecule has 2 amide bonds. The van der Waals surface area contributed by atoms with Crippen molar-refractivity contribution in [3.05, 3.63) is 41.1 Å². The van der Waals surface area contributed by atoms with Crippen molar-refractivity contribution in [2.75, 3.05) is 19.6 Å². The molecule has 0 unspecified atom stereocenters. The maximum absolute atomic E-state index is 12.5. The van der Waals surface area contributed by atoms with Crippen molar-refractivity contribution >= 4 is 28.8 Å². The largest absolute Gasteiger partial charge is 0.352 e.